The minimum absolute atomic E-state index is 0.0583. The van der Waals surface area contributed by atoms with Gasteiger partial charge in [0.15, 0.2) is 5.96 Å². The van der Waals surface area contributed by atoms with E-state index in [9.17, 15) is 9.59 Å². The van der Waals surface area contributed by atoms with E-state index in [2.05, 4.69) is 29.5 Å². The lowest BCUT2D eigenvalue weighted by Crippen LogP contribution is -2.43. The van der Waals surface area contributed by atoms with E-state index >= 15 is 0 Å². The Morgan fingerprint density at radius 3 is 2.37 bits per heavy atom. The zero-order valence-corrected chi connectivity index (χ0v) is 17.7. The van der Waals surface area contributed by atoms with E-state index in [1.165, 1.54) is 0 Å². The predicted molar refractivity (Wildman–Crippen MR) is 119 cm³/mol. The Labute approximate surface area is 177 Å². The fourth-order valence-corrected chi connectivity index (χ4v) is 3.66. The molecule has 30 heavy (non-hydrogen) atoms. The number of nitrogens with one attached hydrogen (secondary N) is 2. The molecule has 0 radical (unpaired) electrons. The highest BCUT2D eigenvalue weighted by atomic mass is 16.2. The van der Waals surface area contributed by atoms with Crippen LogP contribution in [0.3, 0.4) is 0 Å². The van der Waals surface area contributed by atoms with Gasteiger partial charge in [-0.3, -0.25) is 9.69 Å². The van der Waals surface area contributed by atoms with Crippen LogP contribution in [0.2, 0.25) is 0 Å². The summed E-state index contributed by atoms with van der Waals surface area (Å²) in [6.45, 7) is 6.76. The molecule has 1 atom stereocenters. The zero-order chi connectivity index (χ0) is 21.7. The molecule has 0 spiro atoms. The number of benzene rings is 2. The second kappa shape index (κ2) is 8.98. The van der Waals surface area contributed by atoms with Gasteiger partial charge in [-0.15, -0.1) is 0 Å². The average Bonchev–Trinajstić information content (AvgIpc) is 2.90. The van der Waals surface area contributed by atoms with Gasteiger partial charge >= 0.3 is 6.03 Å². The van der Waals surface area contributed by atoms with E-state index in [0.717, 1.165) is 16.8 Å². The molecule has 2 aromatic rings. The highest BCUT2D eigenvalue weighted by Crippen LogP contribution is 2.29. The highest BCUT2D eigenvalue weighted by molar-refractivity contribution is 6.06. The first kappa shape index (κ1) is 21.4. The number of amides is 3. The number of carbonyl (C=O) groups is 2. The van der Waals surface area contributed by atoms with Gasteiger partial charge in [0.25, 0.3) is 5.91 Å². The number of carbonyl (C=O) groups excluding carboxylic acids is 2. The molecule has 1 heterocycles. The molecule has 3 amide bonds. The molecule has 158 valence electrons. The quantitative estimate of drug-likeness (QED) is 0.655. The number of guanidine groups is 1. The summed E-state index contributed by atoms with van der Waals surface area (Å²) in [5.74, 6) is 0.560. The minimum Gasteiger partial charge on any atom is -0.369 e. The lowest BCUT2D eigenvalue weighted by molar-refractivity contribution is -0.131. The smallest absolute Gasteiger partial charge is 0.319 e. The maximum absolute atomic E-state index is 12.8. The fourth-order valence-electron chi connectivity index (χ4n) is 3.66. The maximum atomic E-state index is 12.8. The first-order chi connectivity index (χ1) is 14.3. The molecule has 7 nitrogen and oxygen atoms in total. The lowest BCUT2D eigenvalue weighted by Gasteiger charge is -2.23. The van der Waals surface area contributed by atoms with E-state index in [-0.39, 0.29) is 17.9 Å². The lowest BCUT2D eigenvalue weighted by atomic mass is 9.91. The van der Waals surface area contributed by atoms with Gasteiger partial charge in [0.05, 0.1) is 6.54 Å². The number of aliphatic imine (C=N–C) groups is 1. The van der Waals surface area contributed by atoms with E-state index in [0.29, 0.717) is 25.4 Å². The zero-order valence-electron chi connectivity index (χ0n) is 17.7. The van der Waals surface area contributed by atoms with Crippen LogP contribution in [0.25, 0.3) is 0 Å². The standard InChI is InChI=1S/C23H29N5O2/c1-16(2)13-23(3)20(29)28(21(24)27-23)15-18-11-9-17(10-12-18)14-25-22(30)26-19-7-5-4-6-8-19/h4-12,16H,13-15H2,1-3H3,(H2,24,27)(H2,25,26,30). The predicted octanol–water partition coefficient (Wildman–Crippen LogP) is 3.47. The van der Waals surface area contributed by atoms with Crippen LogP contribution in [-0.2, 0) is 17.9 Å². The van der Waals surface area contributed by atoms with Gasteiger partial charge in [0, 0.05) is 12.2 Å². The van der Waals surface area contributed by atoms with Crippen molar-refractivity contribution in [2.45, 2.75) is 45.8 Å². The molecule has 0 saturated heterocycles. The molecule has 7 heteroatoms. The molecule has 1 unspecified atom stereocenters. The summed E-state index contributed by atoms with van der Waals surface area (Å²) in [6.07, 6.45) is 0.665. The second-order valence-corrected chi connectivity index (χ2v) is 8.22. The molecule has 2 aromatic carbocycles. The summed E-state index contributed by atoms with van der Waals surface area (Å²) in [6, 6.07) is 16.7. The number of hydrogen-bond acceptors (Lipinski definition) is 4. The monoisotopic (exact) mass is 407 g/mol. The number of nitrogens with zero attached hydrogens (tertiary/aromatic N) is 2. The molecule has 1 aliphatic rings. The van der Waals surface area contributed by atoms with Crippen molar-refractivity contribution in [3.05, 3.63) is 65.7 Å². The molecule has 3 rings (SSSR count). The van der Waals surface area contributed by atoms with Crippen LogP contribution in [0.15, 0.2) is 59.6 Å². The largest absolute Gasteiger partial charge is 0.369 e. The number of hydrogen-bond donors (Lipinski definition) is 3. The molecule has 1 aliphatic heterocycles. The summed E-state index contributed by atoms with van der Waals surface area (Å²) < 4.78 is 0. The minimum atomic E-state index is -0.784. The van der Waals surface area contributed by atoms with Crippen LogP contribution in [0.5, 0.6) is 0 Å². The Kier molecular flexibility index (Phi) is 6.40. The summed E-state index contributed by atoms with van der Waals surface area (Å²) in [7, 11) is 0. The van der Waals surface area contributed by atoms with Crippen LogP contribution in [-0.4, -0.2) is 28.3 Å². The van der Waals surface area contributed by atoms with Crippen molar-refractivity contribution in [3.8, 4) is 0 Å². The summed E-state index contributed by atoms with van der Waals surface area (Å²) in [4.78, 5) is 30.8. The van der Waals surface area contributed by atoms with Crippen molar-refractivity contribution in [1.82, 2.24) is 10.2 Å². The Morgan fingerprint density at radius 1 is 1.10 bits per heavy atom. The van der Waals surface area contributed by atoms with E-state index in [1.54, 1.807) is 4.90 Å². The molecule has 0 bridgehead atoms. The Morgan fingerprint density at radius 2 is 1.73 bits per heavy atom. The van der Waals surface area contributed by atoms with Crippen LogP contribution < -0.4 is 16.4 Å². The van der Waals surface area contributed by atoms with Crippen molar-refractivity contribution in [3.63, 3.8) is 0 Å². The van der Waals surface area contributed by atoms with Gasteiger partial charge in [-0.1, -0.05) is 56.3 Å². The SMILES string of the molecule is CC(C)CC1(C)N=C(N)N(Cc2ccc(CNC(=O)Nc3ccccc3)cc2)C1=O. The van der Waals surface area contributed by atoms with Crippen molar-refractivity contribution in [1.29, 1.82) is 0 Å². The van der Waals surface area contributed by atoms with Crippen molar-refractivity contribution in [2.75, 3.05) is 5.32 Å². The average molecular weight is 408 g/mol. The van der Waals surface area contributed by atoms with Gasteiger partial charge < -0.3 is 16.4 Å². The molecular weight excluding hydrogens is 378 g/mol. The van der Waals surface area contributed by atoms with Gasteiger partial charge in [-0.2, -0.15) is 0 Å². The Balaban J connectivity index is 1.54. The van der Waals surface area contributed by atoms with Gasteiger partial charge in [-0.05, 0) is 42.5 Å². The number of urea groups is 1. The molecule has 0 aromatic heterocycles. The van der Waals surface area contributed by atoms with Gasteiger partial charge in [0.1, 0.15) is 5.54 Å². The molecule has 0 aliphatic carbocycles. The summed E-state index contributed by atoms with van der Waals surface area (Å²) in [5.41, 5.74) is 7.91. The second-order valence-electron chi connectivity index (χ2n) is 8.22. The van der Waals surface area contributed by atoms with Crippen molar-refractivity contribution >= 4 is 23.6 Å². The third-order valence-electron chi connectivity index (χ3n) is 5.00. The van der Waals surface area contributed by atoms with Crippen LogP contribution in [0.1, 0.15) is 38.3 Å². The number of nitrogens with two attached hydrogens (primary N) is 1. The molecule has 0 fully saturated rings. The van der Waals surface area contributed by atoms with Gasteiger partial charge in [-0.25, -0.2) is 9.79 Å². The van der Waals surface area contributed by atoms with Crippen LogP contribution in [0, 0.1) is 5.92 Å². The van der Waals surface area contributed by atoms with Crippen LogP contribution >= 0.6 is 0 Å². The first-order valence-corrected chi connectivity index (χ1v) is 10.1. The van der Waals surface area contributed by atoms with Gasteiger partial charge in [0.2, 0.25) is 0 Å². The highest BCUT2D eigenvalue weighted by Gasteiger charge is 2.43. The summed E-state index contributed by atoms with van der Waals surface area (Å²) in [5, 5.41) is 5.61. The fraction of sp³-hybridized carbons (Fsp3) is 0.348. The normalized spacial score (nSPS) is 18.5. The topological polar surface area (TPSA) is 99.8 Å². The first-order valence-electron chi connectivity index (χ1n) is 10.1. The van der Waals surface area contributed by atoms with Crippen molar-refractivity contribution < 1.29 is 9.59 Å². The Hall–Kier alpha value is -3.35. The third-order valence-corrected chi connectivity index (χ3v) is 5.00. The van der Waals surface area contributed by atoms with Crippen LogP contribution in [0.4, 0.5) is 10.5 Å². The molecule has 4 N–H and O–H groups in total. The number of rotatable bonds is 7. The van der Waals surface area contributed by atoms with Crippen molar-refractivity contribution in [2.24, 2.45) is 16.6 Å². The Bertz CT molecular complexity index is 924. The number of para-hydroxylation sites is 1. The van der Waals surface area contributed by atoms with E-state index in [1.807, 2.05) is 61.5 Å². The number of anilines is 1. The molecule has 0 saturated carbocycles. The summed E-state index contributed by atoms with van der Waals surface area (Å²) >= 11 is 0. The maximum Gasteiger partial charge on any atom is 0.319 e. The van der Waals surface area contributed by atoms with E-state index < -0.39 is 5.54 Å². The third kappa shape index (κ3) is 5.17. The van der Waals surface area contributed by atoms with E-state index in [4.69, 9.17) is 5.73 Å². The molecular formula is C23H29N5O2.